The fraction of sp³-hybridized carbons (Fsp3) is 0.375. The molecule has 0 bridgehead atoms. The monoisotopic (exact) mass is 421 g/mol. The molecule has 0 saturated carbocycles. The van der Waals surface area contributed by atoms with E-state index in [4.69, 9.17) is 11.5 Å². The molecule has 0 spiro atoms. The first kappa shape index (κ1) is 21.4. The third kappa shape index (κ3) is 4.90. The number of hydrogen-bond acceptors (Lipinski definition) is 6. The van der Waals surface area contributed by atoms with Crippen LogP contribution in [0.4, 0.5) is 0 Å². The number of amides is 1. The molecular weight excluding hydrogens is 390 g/mol. The second kappa shape index (κ2) is 9.51. The Morgan fingerprint density at radius 1 is 1.10 bits per heavy atom. The molecule has 7 N–H and O–H groups in total. The molecule has 0 radical (unpaired) electrons. The number of piperidine rings is 1. The Hall–Kier alpha value is -2.87. The van der Waals surface area contributed by atoms with Crippen LogP contribution in [0.1, 0.15) is 42.2 Å². The smallest absolute Gasteiger partial charge is 0.240 e. The minimum Gasteiger partial charge on any atom is -0.375 e. The van der Waals surface area contributed by atoms with E-state index in [-0.39, 0.29) is 18.1 Å². The van der Waals surface area contributed by atoms with Crippen LogP contribution >= 0.6 is 0 Å². The van der Waals surface area contributed by atoms with Crippen LogP contribution in [-0.2, 0) is 11.2 Å². The van der Waals surface area contributed by atoms with Crippen molar-refractivity contribution in [2.45, 2.75) is 50.2 Å². The first-order valence-electron chi connectivity index (χ1n) is 10.9. The van der Waals surface area contributed by atoms with Crippen molar-refractivity contribution in [3.8, 4) is 0 Å². The number of benzene rings is 2. The summed E-state index contributed by atoms with van der Waals surface area (Å²) in [7, 11) is 0. The summed E-state index contributed by atoms with van der Waals surface area (Å²) < 4.78 is 0. The molecule has 31 heavy (non-hydrogen) atoms. The van der Waals surface area contributed by atoms with Gasteiger partial charge >= 0.3 is 0 Å². The minimum absolute atomic E-state index is 0.0237. The Balaban J connectivity index is 1.40. The number of carbonyl (C=O) groups excluding carboxylic acids is 1. The van der Waals surface area contributed by atoms with E-state index in [0.29, 0.717) is 12.0 Å². The number of aliphatic hydroxyl groups is 1. The Morgan fingerprint density at radius 2 is 1.84 bits per heavy atom. The number of likely N-dealkylation sites (tertiary alicyclic amines) is 1. The van der Waals surface area contributed by atoms with E-state index in [1.54, 1.807) is 12.1 Å². The lowest BCUT2D eigenvalue weighted by atomic mass is 9.97. The molecule has 7 heteroatoms. The van der Waals surface area contributed by atoms with Gasteiger partial charge in [-0.1, -0.05) is 54.6 Å². The summed E-state index contributed by atoms with van der Waals surface area (Å²) in [6.07, 6.45) is 4.42. The fourth-order valence-electron chi connectivity index (χ4n) is 4.40. The van der Waals surface area contributed by atoms with Gasteiger partial charge in [-0.2, -0.15) is 0 Å². The standard InChI is InChI=1S/C24H31N5O2/c25-19(14-16-9-11-18(12-10-16)22(26)30)24(31)29-13-5-4-8-21(29)23-27-15-20(28-23)17-6-2-1-3-7-17/h1-3,6-7,9-12,15,19,21-23,27-28,30H,4-5,8,13-14,25-26H2/t19-,21-,22?,23?/m0/s1. The number of nitrogens with one attached hydrogen (secondary N) is 2. The summed E-state index contributed by atoms with van der Waals surface area (Å²) in [4.78, 5) is 15.2. The molecule has 4 rings (SSSR count). The van der Waals surface area contributed by atoms with Crippen molar-refractivity contribution in [2.24, 2.45) is 11.5 Å². The Morgan fingerprint density at radius 3 is 2.55 bits per heavy atom. The lowest BCUT2D eigenvalue weighted by Crippen LogP contribution is -2.59. The number of carbonyl (C=O) groups is 1. The highest BCUT2D eigenvalue weighted by atomic mass is 16.3. The molecule has 1 amide bonds. The van der Waals surface area contributed by atoms with Crippen molar-refractivity contribution in [2.75, 3.05) is 6.54 Å². The van der Waals surface area contributed by atoms with Gasteiger partial charge < -0.3 is 32.1 Å². The van der Waals surface area contributed by atoms with E-state index >= 15 is 0 Å². The maximum absolute atomic E-state index is 13.3. The van der Waals surface area contributed by atoms with Gasteiger partial charge in [-0.3, -0.25) is 4.79 Å². The summed E-state index contributed by atoms with van der Waals surface area (Å²) in [5, 5.41) is 16.4. The number of hydrogen-bond donors (Lipinski definition) is 5. The Kier molecular flexibility index (Phi) is 6.56. The fourth-order valence-corrected chi connectivity index (χ4v) is 4.40. The van der Waals surface area contributed by atoms with E-state index < -0.39 is 12.3 Å². The zero-order chi connectivity index (χ0) is 21.8. The second-order valence-corrected chi connectivity index (χ2v) is 8.30. The summed E-state index contributed by atoms with van der Waals surface area (Å²) >= 11 is 0. The molecule has 4 atom stereocenters. The number of rotatable bonds is 6. The molecule has 1 saturated heterocycles. The van der Waals surface area contributed by atoms with Crippen molar-refractivity contribution in [1.82, 2.24) is 15.5 Å². The number of nitrogens with two attached hydrogens (primary N) is 2. The molecule has 0 aliphatic carbocycles. The van der Waals surface area contributed by atoms with Crippen LogP contribution in [0.2, 0.25) is 0 Å². The normalized spacial score (nSPS) is 22.8. The van der Waals surface area contributed by atoms with E-state index in [0.717, 1.165) is 42.6 Å². The van der Waals surface area contributed by atoms with Crippen LogP contribution in [0.15, 0.2) is 60.8 Å². The van der Waals surface area contributed by atoms with Gasteiger partial charge in [-0.05, 0) is 42.4 Å². The molecule has 2 aromatic carbocycles. The highest BCUT2D eigenvalue weighted by molar-refractivity contribution is 5.82. The van der Waals surface area contributed by atoms with Crippen LogP contribution in [0.3, 0.4) is 0 Å². The highest BCUT2D eigenvalue weighted by Gasteiger charge is 2.36. The highest BCUT2D eigenvalue weighted by Crippen LogP contribution is 2.24. The predicted octanol–water partition coefficient (Wildman–Crippen LogP) is 1.40. The predicted molar refractivity (Wildman–Crippen MR) is 121 cm³/mol. The molecule has 7 nitrogen and oxygen atoms in total. The van der Waals surface area contributed by atoms with Crippen molar-refractivity contribution in [3.63, 3.8) is 0 Å². The SMILES string of the molecule is NC(O)c1ccc(C[C@H](N)C(=O)N2CCCC[C@H]2C2NC=C(c3ccccc3)N2)cc1. The zero-order valence-corrected chi connectivity index (χ0v) is 17.6. The maximum Gasteiger partial charge on any atom is 0.240 e. The Labute approximate surface area is 183 Å². The third-order valence-corrected chi connectivity index (χ3v) is 6.11. The van der Waals surface area contributed by atoms with Crippen LogP contribution in [0, 0.1) is 0 Å². The lowest BCUT2D eigenvalue weighted by Gasteiger charge is -2.40. The van der Waals surface area contributed by atoms with Gasteiger partial charge in [0.2, 0.25) is 5.91 Å². The van der Waals surface area contributed by atoms with Crippen molar-refractivity contribution in [3.05, 3.63) is 77.5 Å². The van der Waals surface area contributed by atoms with Gasteiger partial charge in [-0.25, -0.2) is 0 Å². The molecule has 2 aliphatic rings. The van der Waals surface area contributed by atoms with E-state index in [2.05, 4.69) is 22.8 Å². The number of nitrogens with zero attached hydrogens (tertiary/aromatic N) is 1. The summed E-state index contributed by atoms with van der Waals surface area (Å²) in [5.41, 5.74) is 15.6. The zero-order valence-electron chi connectivity index (χ0n) is 17.6. The largest absolute Gasteiger partial charge is 0.375 e. The van der Waals surface area contributed by atoms with Crippen molar-refractivity contribution in [1.29, 1.82) is 0 Å². The molecule has 2 aromatic rings. The molecule has 2 unspecified atom stereocenters. The molecule has 2 aliphatic heterocycles. The van der Waals surface area contributed by atoms with Crippen molar-refractivity contribution >= 4 is 11.6 Å². The maximum atomic E-state index is 13.3. The molecular formula is C24H31N5O2. The van der Waals surface area contributed by atoms with Crippen molar-refractivity contribution < 1.29 is 9.90 Å². The van der Waals surface area contributed by atoms with Gasteiger partial charge in [0.1, 0.15) is 12.4 Å². The van der Waals surface area contributed by atoms with Gasteiger partial charge in [0.15, 0.2) is 0 Å². The first-order chi connectivity index (χ1) is 15.0. The van der Waals surface area contributed by atoms with Gasteiger partial charge in [0.05, 0.1) is 17.8 Å². The quantitative estimate of drug-likeness (QED) is 0.450. The topological polar surface area (TPSA) is 117 Å². The third-order valence-electron chi connectivity index (χ3n) is 6.11. The van der Waals surface area contributed by atoms with Gasteiger partial charge in [0, 0.05) is 12.7 Å². The minimum atomic E-state index is -1.00. The lowest BCUT2D eigenvalue weighted by molar-refractivity contribution is -0.137. The molecule has 0 aromatic heterocycles. The Bertz CT molecular complexity index is 913. The van der Waals surface area contributed by atoms with E-state index in [1.165, 1.54) is 0 Å². The average Bonchev–Trinajstić information content (AvgIpc) is 3.30. The van der Waals surface area contributed by atoms with Gasteiger partial charge in [-0.15, -0.1) is 0 Å². The van der Waals surface area contributed by atoms with Gasteiger partial charge in [0.25, 0.3) is 0 Å². The van der Waals surface area contributed by atoms with E-state index in [1.807, 2.05) is 41.4 Å². The molecule has 2 heterocycles. The first-order valence-corrected chi connectivity index (χ1v) is 10.9. The van der Waals surface area contributed by atoms with Crippen LogP contribution < -0.4 is 22.1 Å². The second-order valence-electron chi connectivity index (χ2n) is 8.30. The van der Waals surface area contributed by atoms with E-state index in [9.17, 15) is 9.90 Å². The molecule has 1 fully saturated rings. The summed E-state index contributed by atoms with van der Waals surface area (Å²) in [5.74, 6) is -0.0237. The van der Waals surface area contributed by atoms with Crippen LogP contribution in [0.25, 0.3) is 5.70 Å². The van der Waals surface area contributed by atoms with Crippen LogP contribution in [0.5, 0.6) is 0 Å². The summed E-state index contributed by atoms with van der Waals surface area (Å²) in [6.45, 7) is 0.718. The molecule has 164 valence electrons. The average molecular weight is 422 g/mol. The summed E-state index contributed by atoms with van der Waals surface area (Å²) in [6, 6.07) is 16.9. The van der Waals surface area contributed by atoms with Crippen LogP contribution in [-0.4, -0.2) is 40.7 Å². The number of aliphatic hydroxyl groups excluding tert-OH is 1.